The van der Waals surface area contributed by atoms with Crippen molar-refractivity contribution in [1.82, 2.24) is 4.57 Å². The lowest BCUT2D eigenvalue weighted by Gasteiger charge is -2.24. The summed E-state index contributed by atoms with van der Waals surface area (Å²) >= 11 is 7.15. The third kappa shape index (κ3) is 4.72. The van der Waals surface area contributed by atoms with Gasteiger partial charge in [0.2, 0.25) is 6.79 Å². The number of fused-ring (bicyclic) bond motifs is 2. The summed E-state index contributed by atoms with van der Waals surface area (Å²) in [6.07, 6.45) is 1.58. The van der Waals surface area contributed by atoms with Crippen molar-refractivity contribution in [3.8, 4) is 22.8 Å². The molecule has 12 heteroatoms. The molecule has 1 atom stereocenters. The topological polar surface area (TPSA) is 130 Å². The maximum Gasteiger partial charge on any atom is 0.338 e. The first-order valence-corrected chi connectivity index (χ1v) is 13.7. The van der Waals surface area contributed by atoms with E-state index in [0.717, 1.165) is 11.3 Å². The van der Waals surface area contributed by atoms with Crippen LogP contribution in [0.3, 0.4) is 0 Å². The Labute approximate surface area is 241 Å². The number of aromatic carboxylic acids is 1. The van der Waals surface area contributed by atoms with E-state index in [1.807, 2.05) is 0 Å². The summed E-state index contributed by atoms with van der Waals surface area (Å²) < 4.78 is 24.0. The summed E-state index contributed by atoms with van der Waals surface area (Å²) in [4.78, 5) is 43.4. The number of carboxylic acid groups (broad SMARTS) is 1. The number of furan rings is 1. The number of rotatable bonds is 6. The second-order valence-corrected chi connectivity index (χ2v) is 10.5. The summed E-state index contributed by atoms with van der Waals surface area (Å²) in [7, 11) is 0. The fraction of sp³-hybridized carbons (Fsp3) is 0.172. The zero-order valence-corrected chi connectivity index (χ0v) is 23.2. The van der Waals surface area contributed by atoms with E-state index >= 15 is 0 Å². The predicted molar refractivity (Wildman–Crippen MR) is 149 cm³/mol. The molecular weight excluding hydrogens is 572 g/mol. The maximum absolute atomic E-state index is 13.8. The summed E-state index contributed by atoms with van der Waals surface area (Å²) in [5.41, 5.74) is 1.43. The number of hydrogen-bond acceptors (Lipinski definition) is 9. The highest BCUT2D eigenvalue weighted by atomic mass is 35.5. The molecule has 0 aliphatic carbocycles. The maximum atomic E-state index is 13.8. The molecular formula is C29H21ClN2O8S. The van der Waals surface area contributed by atoms with Gasteiger partial charge in [0.25, 0.3) is 5.56 Å². The molecule has 41 heavy (non-hydrogen) atoms. The Morgan fingerprint density at radius 2 is 1.98 bits per heavy atom. The number of halogens is 1. The smallest absolute Gasteiger partial charge is 0.338 e. The molecule has 0 saturated heterocycles. The lowest BCUT2D eigenvalue weighted by atomic mass is 9.95. The van der Waals surface area contributed by atoms with E-state index in [1.165, 1.54) is 16.7 Å². The van der Waals surface area contributed by atoms with Crippen LogP contribution in [-0.4, -0.2) is 35.0 Å². The van der Waals surface area contributed by atoms with Gasteiger partial charge >= 0.3 is 11.9 Å². The van der Waals surface area contributed by atoms with Crippen LogP contribution in [0.1, 0.15) is 41.6 Å². The van der Waals surface area contributed by atoms with Crippen molar-refractivity contribution in [2.45, 2.75) is 19.9 Å². The summed E-state index contributed by atoms with van der Waals surface area (Å²) in [5.74, 6) is 0.146. The minimum Gasteiger partial charge on any atom is -0.478 e. The number of nitrogens with zero attached hydrogens (tertiary/aromatic N) is 2. The minimum atomic E-state index is -1.15. The van der Waals surface area contributed by atoms with Gasteiger partial charge in [0, 0.05) is 11.6 Å². The predicted octanol–water partition coefficient (Wildman–Crippen LogP) is 4.14. The van der Waals surface area contributed by atoms with Crippen molar-refractivity contribution in [3.63, 3.8) is 0 Å². The number of benzene rings is 2. The average Bonchev–Trinajstić information content (AvgIpc) is 3.67. The van der Waals surface area contributed by atoms with Gasteiger partial charge in [0.05, 0.1) is 39.0 Å². The molecule has 4 aromatic rings. The quantitative estimate of drug-likeness (QED) is 0.331. The monoisotopic (exact) mass is 592 g/mol. The van der Waals surface area contributed by atoms with Crippen LogP contribution in [-0.2, 0) is 9.53 Å². The van der Waals surface area contributed by atoms with Crippen LogP contribution in [0.2, 0.25) is 5.02 Å². The fourth-order valence-electron chi connectivity index (χ4n) is 4.75. The van der Waals surface area contributed by atoms with Crippen LogP contribution in [0.25, 0.3) is 17.4 Å². The van der Waals surface area contributed by atoms with Gasteiger partial charge in [0.1, 0.15) is 11.5 Å². The van der Waals surface area contributed by atoms with Crippen LogP contribution in [0.15, 0.2) is 74.0 Å². The molecule has 0 bridgehead atoms. The van der Waals surface area contributed by atoms with Gasteiger partial charge in [-0.3, -0.25) is 9.36 Å². The Kier molecular flexibility index (Phi) is 6.76. The van der Waals surface area contributed by atoms with Gasteiger partial charge in [-0.2, -0.15) is 0 Å². The Morgan fingerprint density at radius 3 is 2.76 bits per heavy atom. The highest BCUT2D eigenvalue weighted by molar-refractivity contribution is 7.07. The molecule has 0 radical (unpaired) electrons. The van der Waals surface area contributed by atoms with Gasteiger partial charge in [-0.1, -0.05) is 29.0 Å². The molecule has 4 heterocycles. The van der Waals surface area contributed by atoms with Crippen molar-refractivity contribution < 1.29 is 33.3 Å². The molecule has 1 unspecified atom stereocenters. The van der Waals surface area contributed by atoms with Gasteiger partial charge < -0.3 is 23.7 Å². The van der Waals surface area contributed by atoms with Crippen molar-refractivity contribution in [1.29, 1.82) is 0 Å². The van der Waals surface area contributed by atoms with Crippen molar-refractivity contribution >= 4 is 41.0 Å². The number of carbonyl (C=O) groups excluding carboxylic acids is 1. The second kappa shape index (κ2) is 10.4. The highest BCUT2D eigenvalue weighted by Crippen LogP contribution is 2.38. The molecule has 2 aromatic carbocycles. The number of ether oxygens (including phenoxy) is 3. The van der Waals surface area contributed by atoms with E-state index in [-0.39, 0.29) is 35.1 Å². The molecule has 2 aromatic heterocycles. The number of carboxylic acids is 1. The van der Waals surface area contributed by atoms with E-state index in [2.05, 4.69) is 4.99 Å². The number of carbonyl (C=O) groups is 2. The molecule has 2 aliphatic rings. The lowest BCUT2D eigenvalue weighted by Crippen LogP contribution is -2.39. The van der Waals surface area contributed by atoms with E-state index < -0.39 is 18.0 Å². The molecule has 0 saturated carbocycles. The third-order valence-corrected chi connectivity index (χ3v) is 7.92. The SMILES string of the molecule is CCOC(=O)C1=C(C)N=c2s/c(=C\c3ccc(-c4ccc(Cl)c(C(=O)O)c4)o3)c(=O)n2C1c1ccc2c(c1)OCO2. The van der Waals surface area contributed by atoms with Crippen molar-refractivity contribution in [3.05, 3.63) is 101 Å². The van der Waals surface area contributed by atoms with Crippen molar-refractivity contribution in [2.75, 3.05) is 13.4 Å². The third-order valence-electron chi connectivity index (χ3n) is 6.61. The average molecular weight is 593 g/mol. The van der Waals surface area contributed by atoms with E-state index in [4.69, 9.17) is 30.2 Å². The van der Waals surface area contributed by atoms with Crippen molar-refractivity contribution in [2.24, 2.45) is 4.99 Å². The number of hydrogen-bond donors (Lipinski definition) is 1. The number of esters is 1. The minimum absolute atomic E-state index is 0.0493. The molecule has 2 aliphatic heterocycles. The molecule has 10 nitrogen and oxygen atoms in total. The molecule has 0 fully saturated rings. The zero-order valence-electron chi connectivity index (χ0n) is 21.7. The standard InChI is InChI=1S/C29H21ClN2O8S/c1-3-37-28(36)24-14(2)31-29-32(25(24)16-5-8-21-22(11-16)39-13-38-21)26(33)23(41-29)12-17-6-9-20(40-17)15-4-7-19(30)18(10-15)27(34)35/h4-12,25H,3,13H2,1-2H3,(H,34,35)/b23-12-. The van der Waals surface area contributed by atoms with Crippen LogP contribution in [0.4, 0.5) is 0 Å². The Bertz CT molecular complexity index is 1950. The molecule has 208 valence electrons. The van der Waals surface area contributed by atoms with Crippen LogP contribution in [0.5, 0.6) is 11.5 Å². The first-order valence-electron chi connectivity index (χ1n) is 12.5. The zero-order chi connectivity index (χ0) is 28.8. The van der Waals surface area contributed by atoms with Gasteiger partial charge in [-0.05, 0) is 61.9 Å². The number of allylic oxidation sites excluding steroid dienone is 1. The first-order chi connectivity index (χ1) is 19.7. The second-order valence-electron chi connectivity index (χ2n) is 9.12. The number of thiazole rings is 1. The fourth-order valence-corrected chi connectivity index (χ4v) is 5.97. The lowest BCUT2D eigenvalue weighted by molar-refractivity contribution is -0.139. The molecule has 6 rings (SSSR count). The van der Waals surface area contributed by atoms with Gasteiger partial charge in [0.15, 0.2) is 16.3 Å². The normalized spacial score (nSPS) is 16.0. The van der Waals surface area contributed by atoms with Crippen LogP contribution < -0.4 is 24.4 Å². The van der Waals surface area contributed by atoms with E-state index in [9.17, 15) is 19.5 Å². The largest absolute Gasteiger partial charge is 0.478 e. The summed E-state index contributed by atoms with van der Waals surface area (Å²) in [6, 6.07) is 12.4. The van der Waals surface area contributed by atoms with Crippen LogP contribution in [0, 0.1) is 0 Å². The van der Waals surface area contributed by atoms with Crippen LogP contribution >= 0.6 is 22.9 Å². The highest BCUT2D eigenvalue weighted by Gasteiger charge is 2.34. The van der Waals surface area contributed by atoms with Gasteiger partial charge in [-0.25, -0.2) is 14.6 Å². The van der Waals surface area contributed by atoms with Gasteiger partial charge in [-0.15, -0.1) is 0 Å². The Hall–Kier alpha value is -4.61. The molecule has 1 N–H and O–H groups in total. The Balaban J connectivity index is 1.45. The van der Waals surface area contributed by atoms with E-state index in [0.29, 0.717) is 49.2 Å². The summed E-state index contributed by atoms with van der Waals surface area (Å²) in [5, 5.41) is 9.50. The first kappa shape index (κ1) is 26.6. The molecule has 0 spiro atoms. The van der Waals surface area contributed by atoms with E-state index in [1.54, 1.807) is 56.3 Å². The number of aromatic nitrogens is 1. The summed E-state index contributed by atoms with van der Waals surface area (Å²) in [6.45, 7) is 3.67. The Morgan fingerprint density at radius 1 is 1.17 bits per heavy atom. The molecule has 0 amide bonds.